The van der Waals surface area contributed by atoms with Gasteiger partial charge in [0.05, 0.1) is 6.61 Å². The zero-order chi connectivity index (χ0) is 12.7. The number of allylic oxidation sites excluding steroid dienone is 2. The summed E-state index contributed by atoms with van der Waals surface area (Å²) in [5.74, 6) is -0.252. The molecule has 0 saturated carbocycles. The van der Waals surface area contributed by atoms with E-state index in [1.807, 2.05) is 13.0 Å². The van der Waals surface area contributed by atoms with Crippen molar-refractivity contribution >= 4 is 11.7 Å². The molecule has 0 spiro atoms. The van der Waals surface area contributed by atoms with E-state index in [1.165, 1.54) is 0 Å². The molecule has 0 aromatic carbocycles. The third-order valence-corrected chi connectivity index (χ3v) is 2.71. The van der Waals surface area contributed by atoms with Gasteiger partial charge in [-0.1, -0.05) is 18.6 Å². The molecule has 0 aromatic rings. The van der Waals surface area contributed by atoms with Gasteiger partial charge in [0.25, 0.3) is 0 Å². The third kappa shape index (κ3) is 4.01. The van der Waals surface area contributed by atoms with Gasteiger partial charge in [0, 0.05) is 0 Å². The molecule has 1 unspecified atom stereocenters. The second kappa shape index (κ2) is 6.99. The lowest BCUT2D eigenvalue weighted by Gasteiger charge is -2.14. The molecule has 1 atom stereocenters. The van der Waals surface area contributed by atoms with Gasteiger partial charge in [-0.2, -0.15) is 0 Å². The van der Waals surface area contributed by atoms with Gasteiger partial charge in [0.2, 0.25) is 0 Å². The predicted molar refractivity (Wildman–Crippen MR) is 66.7 cm³/mol. The molecule has 0 aliphatic carbocycles. The minimum Gasteiger partial charge on any atom is -0.461 e. The van der Waals surface area contributed by atoms with Crippen molar-refractivity contribution < 1.29 is 9.53 Å². The summed E-state index contributed by atoms with van der Waals surface area (Å²) in [7, 11) is 0. The molecule has 0 bridgehead atoms. The van der Waals surface area contributed by atoms with Crippen molar-refractivity contribution in [3.05, 3.63) is 23.8 Å². The van der Waals surface area contributed by atoms with Crippen LogP contribution < -0.4 is 0 Å². The van der Waals surface area contributed by atoms with Gasteiger partial charge in [0.15, 0.2) is 0 Å². The number of esters is 1. The number of nitrogens with one attached hydrogen (secondary N) is 1. The first-order chi connectivity index (χ1) is 7.45. The molecule has 0 aliphatic rings. The van der Waals surface area contributed by atoms with Gasteiger partial charge in [-0.15, -0.1) is 6.58 Å². The maximum absolute atomic E-state index is 11.4. The number of ether oxygens (including phenoxy) is 1. The summed E-state index contributed by atoms with van der Waals surface area (Å²) >= 11 is 0. The summed E-state index contributed by atoms with van der Waals surface area (Å²) in [6.45, 7) is 11.5. The fourth-order valence-corrected chi connectivity index (χ4v) is 1.35. The van der Waals surface area contributed by atoms with Crippen molar-refractivity contribution in [1.29, 1.82) is 5.41 Å². The van der Waals surface area contributed by atoms with E-state index in [1.54, 1.807) is 13.8 Å². The molecule has 1 N–H and O–H groups in total. The van der Waals surface area contributed by atoms with Gasteiger partial charge in [-0.3, -0.25) is 5.41 Å². The van der Waals surface area contributed by atoms with Gasteiger partial charge >= 0.3 is 5.97 Å². The number of carbonyl (C=O) groups excluding carboxylic acids is 1. The average molecular weight is 223 g/mol. The highest BCUT2D eigenvalue weighted by molar-refractivity contribution is 6.41. The Hall–Kier alpha value is -1.38. The molecule has 90 valence electrons. The Morgan fingerprint density at radius 2 is 2.06 bits per heavy atom. The molecule has 3 nitrogen and oxygen atoms in total. The number of rotatable bonds is 6. The number of hydrogen-bond donors (Lipinski definition) is 1. The van der Waals surface area contributed by atoms with Crippen LogP contribution in [0.25, 0.3) is 0 Å². The molecule has 0 aliphatic heterocycles. The van der Waals surface area contributed by atoms with Crippen molar-refractivity contribution in [3.8, 4) is 0 Å². The molecule has 0 rings (SSSR count). The second-order valence-electron chi connectivity index (χ2n) is 3.83. The van der Waals surface area contributed by atoms with Crippen LogP contribution in [0.2, 0.25) is 0 Å². The van der Waals surface area contributed by atoms with Crippen molar-refractivity contribution in [2.75, 3.05) is 6.61 Å². The smallest absolute Gasteiger partial charge is 0.356 e. The highest BCUT2D eigenvalue weighted by Gasteiger charge is 2.16. The van der Waals surface area contributed by atoms with Gasteiger partial charge in [-0.25, -0.2) is 4.79 Å². The Bertz CT molecular complexity index is 316. The van der Waals surface area contributed by atoms with Crippen LogP contribution in [-0.2, 0) is 9.53 Å². The summed E-state index contributed by atoms with van der Waals surface area (Å²) in [6, 6.07) is 0. The normalized spacial score (nSPS) is 13.8. The van der Waals surface area contributed by atoms with Crippen LogP contribution in [0.3, 0.4) is 0 Å². The maximum Gasteiger partial charge on any atom is 0.356 e. The maximum atomic E-state index is 11.4. The lowest BCUT2D eigenvalue weighted by Crippen LogP contribution is -2.19. The minimum atomic E-state index is -0.551. The van der Waals surface area contributed by atoms with Crippen LogP contribution in [0.4, 0.5) is 0 Å². The van der Waals surface area contributed by atoms with Crippen LogP contribution in [0.15, 0.2) is 23.8 Å². The highest BCUT2D eigenvalue weighted by atomic mass is 16.5. The quantitative estimate of drug-likeness (QED) is 0.427. The zero-order valence-electron chi connectivity index (χ0n) is 10.6. The Balaban J connectivity index is 4.80. The van der Waals surface area contributed by atoms with E-state index in [0.717, 1.165) is 12.0 Å². The first kappa shape index (κ1) is 14.6. The Labute approximate surface area is 97.7 Å². The van der Waals surface area contributed by atoms with Gasteiger partial charge in [-0.05, 0) is 38.7 Å². The molecule has 0 saturated heterocycles. The average Bonchev–Trinajstić information content (AvgIpc) is 2.26. The topological polar surface area (TPSA) is 50.2 Å². The summed E-state index contributed by atoms with van der Waals surface area (Å²) in [5, 5.41) is 7.70. The number of hydrogen-bond acceptors (Lipinski definition) is 3. The fraction of sp³-hybridized carbons (Fsp3) is 0.538. The summed E-state index contributed by atoms with van der Waals surface area (Å²) in [5.41, 5.74) is 1.70. The zero-order valence-corrected chi connectivity index (χ0v) is 10.6. The molecular formula is C13H21NO2. The van der Waals surface area contributed by atoms with Crippen LogP contribution in [-0.4, -0.2) is 18.3 Å². The first-order valence-corrected chi connectivity index (χ1v) is 5.49. The second-order valence-corrected chi connectivity index (χ2v) is 3.83. The summed E-state index contributed by atoms with van der Waals surface area (Å²) in [4.78, 5) is 11.4. The van der Waals surface area contributed by atoms with Crippen LogP contribution in [0, 0.1) is 11.3 Å². The van der Waals surface area contributed by atoms with E-state index in [4.69, 9.17) is 10.1 Å². The summed E-state index contributed by atoms with van der Waals surface area (Å²) < 4.78 is 4.80. The van der Waals surface area contributed by atoms with Crippen molar-refractivity contribution in [2.45, 2.75) is 34.1 Å². The Kier molecular flexibility index (Phi) is 6.38. The summed E-state index contributed by atoms with van der Waals surface area (Å²) in [6.07, 6.45) is 2.69. The Morgan fingerprint density at radius 1 is 1.50 bits per heavy atom. The first-order valence-electron chi connectivity index (χ1n) is 5.49. The van der Waals surface area contributed by atoms with E-state index in [0.29, 0.717) is 18.1 Å². The van der Waals surface area contributed by atoms with E-state index < -0.39 is 5.97 Å². The van der Waals surface area contributed by atoms with E-state index >= 15 is 0 Å². The fourth-order valence-electron chi connectivity index (χ4n) is 1.35. The molecule has 16 heavy (non-hydrogen) atoms. The van der Waals surface area contributed by atoms with Crippen LogP contribution in [0.5, 0.6) is 0 Å². The highest BCUT2D eigenvalue weighted by Crippen LogP contribution is 2.19. The molecular weight excluding hydrogens is 202 g/mol. The van der Waals surface area contributed by atoms with Crippen LogP contribution >= 0.6 is 0 Å². The lowest BCUT2D eigenvalue weighted by atomic mass is 9.93. The standard InChI is InChI=1S/C13H21NO2/c1-6-8-9(3)10(4)11(5)12(14)13(15)16-7-2/h6,9,14H,1,7-8H2,2-5H3/b11-10+,14-12?. The molecule has 0 heterocycles. The largest absolute Gasteiger partial charge is 0.461 e. The molecule has 0 aromatic heterocycles. The molecule has 3 heteroatoms. The SMILES string of the molecule is C=CCC(C)/C(C)=C(\C)C(=N)C(=O)OCC. The number of carbonyl (C=O) groups is 1. The Morgan fingerprint density at radius 3 is 2.50 bits per heavy atom. The van der Waals surface area contributed by atoms with E-state index in [-0.39, 0.29) is 5.71 Å². The minimum absolute atomic E-state index is 0.0461. The molecule has 0 fully saturated rings. The van der Waals surface area contributed by atoms with Crippen molar-refractivity contribution in [3.63, 3.8) is 0 Å². The monoisotopic (exact) mass is 223 g/mol. The van der Waals surface area contributed by atoms with Crippen LogP contribution in [0.1, 0.15) is 34.1 Å². The molecule has 0 radical (unpaired) electrons. The third-order valence-electron chi connectivity index (χ3n) is 2.71. The van der Waals surface area contributed by atoms with Crippen molar-refractivity contribution in [2.24, 2.45) is 5.92 Å². The lowest BCUT2D eigenvalue weighted by molar-refractivity contribution is -0.135. The van der Waals surface area contributed by atoms with Gasteiger partial charge < -0.3 is 4.74 Å². The van der Waals surface area contributed by atoms with Crippen molar-refractivity contribution in [1.82, 2.24) is 0 Å². The van der Waals surface area contributed by atoms with E-state index in [9.17, 15) is 4.79 Å². The van der Waals surface area contributed by atoms with Gasteiger partial charge in [0.1, 0.15) is 5.71 Å². The predicted octanol–water partition coefficient (Wildman–Crippen LogP) is 3.12. The van der Waals surface area contributed by atoms with E-state index in [2.05, 4.69) is 13.5 Å². The molecule has 0 amide bonds.